The normalized spacial score (nSPS) is 14.0. The second kappa shape index (κ2) is 3.74. The van der Waals surface area contributed by atoms with Crippen molar-refractivity contribution >= 4 is 32.3 Å². The van der Waals surface area contributed by atoms with Gasteiger partial charge in [0.15, 0.2) is 0 Å². The van der Waals surface area contributed by atoms with E-state index in [0.29, 0.717) is 0 Å². The lowest BCUT2D eigenvalue weighted by Crippen LogP contribution is -1.88. The molecule has 1 heteroatoms. The molecule has 3 rings (SSSR count). The summed E-state index contributed by atoms with van der Waals surface area (Å²) in [5, 5.41) is 2.72. The Morgan fingerprint density at radius 1 is 1.19 bits per heavy atom. The maximum Gasteiger partial charge on any atom is 0.0259 e. The fourth-order valence-electron chi connectivity index (χ4n) is 2.57. The maximum absolute atomic E-state index is 3.68. The summed E-state index contributed by atoms with van der Waals surface area (Å²) in [6.45, 7) is 2.23. The number of halogens is 1. The highest BCUT2D eigenvalue weighted by molar-refractivity contribution is 9.10. The Kier molecular flexibility index (Phi) is 2.36. The molecule has 0 bridgehead atoms. The van der Waals surface area contributed by atoms with Crippen LogP contribution in [-0.2, 0) is 6.42 Å². The van der Waals surface area contributed by atoms with Crippen molar-refractivity contribution in [2.24, 2.45) is 0 Å². The van der Waals surface area contributed by atoms with Gasteiger partial charge in [0.1, 0.15) is 0 Å². The van der Waals surface area contributed by atoms with Gasteiger partial charge in [0.2, 0.25) is 0 Å². The van der Waals surface area contributed by atoms with E-state index in [9.17, 15) is 0 Å². The van der Waals surface area contributed by atoms with Crippen molar-refractivity contribution in [1.82, 2.24) is 0 Å². The average Bonchev–Trinajstić information content (AvgIpc) is 2.72. The number of rotatable bonds is 1. The van der Waals surface area contributed by atoms with Gasteiger partial charge < -0.3 is 0 Å². The fraction of sp³-hybridized carbons (Fsp3) is 0.200. The highest BCUT2D eigenvalue weighted by Gasteiger charge is 2.16. The van der Waals surface area contributed by atoms with Gasteiger partial charge in [-0.25, -0.2) is 0 Å². The van der Waals surface area contributed by atoms with Gasteiger partial charge in [0.05, 0.1) is 0 Å². The van der Waals surface area contributed by atoms with Crippen LogP contribution >= 0.6 is 15.9 Å². The molecule has 80 valence electrons. The Morgan fingerprint density at radius 3 is 2.69 bits per heavy atom. The summed E-state index contributed by atoms with van der Waals surface area (Å²) in [5.74, 6) is 0. The zero-order valence-corrected chi connectivity index (χ0v) is 10.8. The molecule has 0 N–H and O–H groups in total. The van der Waals surface area contributed by atoms with Crippen molar-refractivity contribution in [3.8, 4) is 0 Å². The summed E-state index contributed by atoms with van der Waals surface area (Å²) in [6, 6.07) is 10.9. The first-order valence-corrected chi connectivity index (χ1v) is 6.50. The number of allylic oxidation sites excluding steroid dienone is 2. The summed E-state index contributed by atoms with van der Waals surface area (Å²) >= 11 is 3.68. The zero-order valence-electron chi connectivity index (χ0n) is 9.26. The molecular formula is C15H13Br. The third kappa shape index (κ3) is 1.35. The van der Waals surface area contributed by atoms with Crippen molar-refractivity contribution in [2.75, 3.05) is 0 Å². The minimum atomic E-state index is 1.09. The first kappa shape index (κ1) is 10.1. The molecule has 0 aromatic heterocycles. The first-order valence-electron chi connectivity index (χ1n) is 5.70. The number of hydrogen-bond donors (Lipinski definition) is 0. The fourth-order valence-corrected chi connectivity index (χ4v) is 3.14. The van der Waals surface area contributed by atoms with E-state index in [-0.39, 0.29) is 0 Å². The van der Waals surface area contributed by atoms with Crippen LogP contribution < -0.4 is 0 Å². The van der Waals surface area contributed by atoms with Gasteiger partial charge in [-0.1, -0.05) is 53.2 Å². The van der Waals surface area contributed by atoms with Crippen LogP contribution in [0.4, 0.5) is 0 Å². The molecule has 1 aliphatic rings. The lowest BCUT2D eigenvalue weighted by atomic mass is 9.97. The Morgan fingerprint density at radius 2 is 1.94 bits per heavy atom. The summed E-state index contributed by atoms with van der Waals surface area (Å²) in [5.41, 5.74) is 4.42. The lowest BCUT2D eigenvalue weighted by molar-refractivity contribution is 1.25. The summed E-state index contributed by atoms with van der Waals surface area (Å²) < 4.78 is 1.21. The lowest BCUT2D eigenvalue weighted by Gasteiger charge is -2.09. The van der Waals surface area contributed by atoms with E-state index < -0.39 is 0 Å². The summed E-state index contributed by atoms with van der Waals surface area (Å²) in [6.07, 6.45) is 4.58. The molecule has 0 radical (unpaired) electrons. The third-order valence-electron chi connectivity index (χ3n) is 3.39. The Balaban J connectivity index is 2.37. The maximum atomic E-state index is 3.68. The molecule has 2 aromatic rings. The van der Waals surface area contributed by atoms with Gasteiger partial charge in [0, 0.05) is 4.47 Å². The molecule has 0 saturated heterocycles. The Labute approximate surface area is 104 Å². The summed E-state index contributed by atoms with van der Waals surface area (Å²) in [4.78, 5) is 0. The van der Waals surface area contributed by atoms with Gasteiger partial charge >= 0.3 is 0 Å². The predicted molar refractivity (Wildman–Crippen MR) is 73.6 cm³/mol. The molecule has 1 aliphatic carbocycles. The topological polar surface area (TPSA) is 0 Å². The van der Waals surface area contributed by atoms with Crippen molar-refractivity contribution in [2.45, 2.75) is 19.8 Å². The number of fused-ring (bicyclic) bond motifs is 3. The quantitative estimate of drug-likeness (QED) is 0.689. The molecule has 0 unspecified atom stereocenters. The van der Waals surface area contributed by atoms with Crippen molar-refractivity contribution < 1.29 is 0 Å². The molecule has 0 aliphatic heterocycles. The largest absolute Gasteiger partial charge is 0.0763 e. The van der Waals surface area contributed by atoms with Gasteiger partial charge in [0.25, 0.3) is 0 Å². The van der Waals surface area contributed by atoms with Crippen LogP contribution in [0.5, 0.6) is 0 Å². The van der Waals surface area contributed by atoms with Crippen LogP contribution in [0.2, 0.25) is 0 Å². The highest BCUT2D eigenvalue weighted by Crippen LogP contribution is 2.38. The Hall–Kier alpha value is -1.08. The second-order valence-corrected chi connectivity index (χ2v) is 5.07. The Bertz CT molecular complexity index is 594. The highest BCUT2D eigenvalue weighted by atomic mass is 79.9. The SMILES string of the molecule is CCC1=CCc2c1cc(Br)c1ccccc21. The molecule has 0 spiro atoms. The molecular weight excluding hydrogens is 260 g/mol. The van der Waals surface area contributed by atoms with Crippen LogP contribution in [0.25, 0.3) is 16.3 Å². The molecule has 0 saturated carbocycles. The minimum Gasteiger partial charge on any atom is -0.0763 e. The molecule has 0 atom stereocenters. The van der Waals surface area contributed by atoms with E-state index in [1.807, 2.05) is 0 Å². The van der Waals surface area contributed by atoms with Crippen molar-refractivity contribution in [3.05, 3.63) is 52.0 Å². The molecule has 16 heavy (non-hydrogen) atoms. The standard InChI is InChI=1S/C15H13Br/c1-2-10-7-8-12-11-5-3-4-6-13(11)15(16)9-14(10)12/h3-7,9H,2,8H2,1H3. The molecule has 0 nitrogen and oxygen atoms in total. The van der Waals surface area contributed by atoms with E-state index in [4.69, 9.17) is 0 Å². The van der Waals surface area contributed by atoms with E-state index in [0.717, 1.165) is 12.8 Å². The molecule has 2 aromatic carbocycles. The van der Waals surface area contributed by atoms with Crippen molar-refractivity contribution in [1.29, 1.82) is 0 Å². The van der Waals surface area contributed by atoms with Crippen molar-refractivity contribution in [3.63, 3.8) is 0 Å². The number of benzene rings is 2. The second-order valence-electron chi connectivity index (χ2n) is 4.22. The summed E-state index contributed by atoms with van der Waals surface area (Å²) in [7, 11) is 0. The first-order chi connectivity index (χ1) is 7.81. The van der Waals surface area contributed by atoms with Gasteiger partial charge in [-0.05, 0) is 46.4 Å². The van der Waals surface area contributed by atoms with Gasteiger partial charge in [-0.2, -0.15) is 0 Å². The van der Waals surface area contributed by atoms with Crippen LogP contribution in [0.3, 0.4) is 0 Å². The monoisotopic (exact) mass is 272 g/mol. The minimum absolute atomic E-state index is 1.09. The third-order valence-corrected chi connectivity index (χ3v) is 4.04. The van der Waals surface area contributed by atoms with Gasteiger partial charge in [-0.3, -0.25) is 0 Å². The van der Waals surface area contributed by atoms with Gasteiger partial charge in [-0.15, -0.1) is 0 Å². The number of hydrogen-bond acceptors (Lipinski definition) is 0. The average molecular weight is 273 g/mol. The van der Waals surface area contributed by atoms with Crippen LogP contribution in [0.1, 0.15) is 24.5 Å². The van der Waals surface area contributed by atoms with E-state index in [1.54, 1.807) is 0 Å². The van der Waals surface area contributed by atoms with E-state index in [2.05, 4.69) is 59.3 Å². The van der Waals surface area contributed by atoms with E-state index in [1.165, 1.54) is 31.9 Å². The van der Waals surface area contributed by atoms with E-state index >= 15 is 0 Å². The molecule has 0 heterocycles. The van der Waals surface area contributed by atoms with Crippen LogP contribution in [0.15, 0.2) is 40.9 Å². The van der Waals surface area contributed by atoms with Crippen LogP contribution in [-0.4, -0.2) is 0 Å². The van der Waals surface area contributed by atoms with Crippen LogP contribution in [0, 0.1) is 0 Å². The zero-order chi connectivity index (χ0) is 11.1. The molecule has 0 fully saturated rings. The molecule has 0 amide bonds. The smallest absolute Gasteiger partial charge is 0.0259 e. The predicted octanol–water partition coefficient (Wildman–Crippen LogP) is 4.95.